The first-order valence-electron chi connectivity index (χ1n) is 8.38. The van der Waals surface area contributed by atoms with E-state index in [4.69, 9.17) is 4.74 Å². The predicted molar refractivity (Wildman–Crippen MR) is 100 cm³/mol. The molecule has 0 saturated heterocycles. The Morgan fingerprint density at radius 2 is 1.70 bits per heavy atom. The van der Waals surface area contributed by atoms with E-state index in [1.54, 1.807) is 17.1 Å². The van der Waals surface area contributed by atoms with E-state index in [-0.39, 0.29) is 12.1 Å². The molecule has 0 fully saturated rings. The van der Waals surface area contributed by atoms with Crippen LogP contribution in [0, 0.1) is 0 Å². The van der Waals surface area contributed by atoms with Crippen molar-refractivity contribution in [2.45, 2.75) is 84.6 Å². The standard InChI is InChI=1S/C18H35NO3Si/c1-10-11-16(20)17(15(6)12-23(7,8)9)22-18(21)19(13(2)3)14(4)5/h10-11,13-14,16-17,20H,6,12H2,1-5,7-9H3/b11-10+/t16-,17-/m1/s1. The van der Waals surface area contributed by atoms with Gasteiger partial charge in [-0.2, -0.15) is 0 Å². The molecule has 0 unspecified atom stereocenters. The molecule has 0 heterocycles. The number of allylic oxidation sites excluding steroid dienone is 1. The molecule has 0 spiro atoms. The van der Waals surface area contributed by atoms with Crippen LogP contribution in [0.15, 0.2) is 24.3 Å². The van der Waals surface area contributed by atoms with Crippen LogP contribution in [0.25, 0.3) is 0 Å². The minimum atomic E-state index is -1.41. The number of nitrogens with zero attached hydrogens (tertiary/aromatic N) is 1. The summed E-state index contributed by atoms with van der Waals surface area (Å²) in [5.41, 5.74) is 0.788. The molecule has 1 N–H and O–H groups in total. The average Bonchev–Trinajstić information content (AvgIpc) is 2.32. The van der Waals surface area contributed by atoms with Crippen molar-refractivity contribution in [1.29, 1.82) is 0 Å². The maximum absolute atomic E-state index is 12.6. The first-order valence-corrected chi connectivity index (χ1v) is 12.1. The molecule has 0 aliphatic heterocycles. The van der Waals surface area contributed by atoms with Crippen molar-refractivity contribution in [3.63, 3.8) is 0 Å². The number of carbonyl (C=O) groups excluding carboxylic acids is 1. The number of hydrogen-bond donors (Lipinski definition) is 1. The van der Waals surface area contributed by atoms with E-state index in [1.807, 2.05) is 34.6 Å². The van der Waals surface area contributed by atoms with Gasteiger partial charge in [-0.1, -0.05) is 38.4 Å². The lowest BCUT2D eigenvalue weighted by Crippen LogP contribution is -2.45. The summed E-state index contributed by atoms with van der Waals surface area (Å²) in [6.07, 6.45) is 1.43. The van der Waals surface area contributed by atoms with E-state index >= 15 is 0 Å². The van der Waals surface area contributed by atoms with Gasteiger partial charge >= 0.3 is 6.09 Å². The summed E-state index contributed by atoms with van der Waals surface area (Å²) in [6, 6.07) is 0.877. The van der Waals surface area contributed by atoms with Crippen molar-refractivity contribution >= 4 is 14.2 Å². The van der Waals surface area contributed by atoms with Crippen LogP contribution in [-0.4, -0.2) is 48.5 Å². The SMILES string of the molecule is C=C(C[Si](C)(C)C)[C@@H](OC(=O)N(C(C)C)C(C)C)[C@H](O)/C=C/C. The normalized spacial score (nSPS) is 15.1. The fraction of sp³-hybridized carbons (Fsp3) is 0.722. The lowest BCUT2D eigenvalue weighted by atomic mass is 10.1. The fourth-order valence-electron chi connectivity index (χ4n) is 2.66. The maximum Gasteiger partial charge on any atom is 0.410 e. The highest BCUT2D eigenvalue weighted by Gasteiger charge is 2.31. The Bertz CT molecular complexity index is 416. The second-order valence-corrected chi connectivity index (χ2v) is 13.3. The van der Waals surface area contributed by atoms with Gasteiger partial charge in [-0.25, -0.2) is 4.79 Å². The van der Waals surface area contributed by atoms with Gasteiger partial charge in [0.1, 0.15) is 6.10 Å². The van der Waals surface area contributed by atoms with Crippen LogP contribution in [-0.2, 0) is 4.74 Å². The lowest BCUT2D eigenvalue weighted by molar-refractivity contribution is 0.0143. The number of aliphatic hydroxyl groups excluding tert-OH is 1. The van der Waals surface area contributed by atoms with Gasteiger partial charge in [0.15, 0.2) is 6.10 Å². The zero-order valence-corrected chi connectivity index (χ0v) is 17.1. The van der Waals surface area contributed by atoms with Crippen LogP contribution < -0.4 is 0 Å². The third kappa shape index (κ3) is 7.84. The highest BCUT2D eigenvalue weighted by Crippen LogP contribution is 2.23. The molecule has 0 aromatic heterocycles. The third-order valence-corrected chi connectivity index (χ3v) is 4.93. The second-order valence-electron chi connectivity index (χ2n) is 7.81. The van der Waals surface area contributed by atoms with Crippen molar-refractivity contribution in [1.82, 2.24) is 4.90 Å². The topological polar surface area (TPSA) is 49.8 Å². The number of ether oxygens (including phenoxy) is 1. The summed E-state index contributed by atoms with van der Waals surface area (Å²) in [6.45, 7) is 20.4. The van der Waals surface area contributed by atoms with Crippen molar-refractivity contribution in [3.05, 3.63) is 24.3 Å². The van der Waals surface area contributed by atoms with Crippen molar-refractivity contribution in [2.24, 2.45) is 0 Å². The van der Waals surface area contributed by atoms with Crippen LogP contribution >= 0.6 is 0 Å². The predicted octanol–water partition coefficient (Wildman–Crippen LogP) is 4.44. The summed E-state index contributed by atoms with van der Waals surface area (Å²) >= 11 is 0. The number of hydrogen-bond acceptors (Lipinski definition) is 3. The van der Waals surface area contributed by atoms with Gasteiger partial charge in [0.2, 0.25) is 0 Å². The highest BCUT2D eigenvalue weighted by molar-refractivity contribution is 6.76. The van der Waals surface area contributed by atoms with Gasteiger partial charge in [-0.15, -0.1) is 0 Å². The van der Waals surface area contributed by atoms with E-state index in [0.29, 0.717) is 0 Å². The summed E-state index contributed by atoms with van der Waals surface area (Å²) in [5, 5.41) is 10.4. The van der Waals surface area contributed by atoms with Crippen molar-refractivity contribution in [2.75, 3.05) is 0 Å². The fourth-order valence-corrected chi connectivity index (χ4v) is 4.23. The summed E-state index contributed by atoms with van der Waals surface area (Å²) in [4.78, 5) is 14.2. The van der Waals surface area contributed by atoms with E-state index in [0.717, 1.165) is 11.6 Å². The van der Waals surface area contributed by atoms with Gasteiger partial charge in [-0.05, 0) is 46.2 Å². The molecule has 0 rings (SSSR count). The molecule has 0 aliphatic carbocycles. The number of carbonyl (C=O) groups is 1. The first-order chi connectivity index (χ1) is 10.4. The molecule has 1 amide bonds. The molecular formula is C18H35NO3Si. The van der Waals surface area contributed by atoms with E-state index in [2.05, 4.69) is 26.2 Å². The maximum atomic E-state index is 12.6. The number of amides is 1. The molecule has 5 heteroatoms. The Hall–Kier alpha value is -1.07. The number of aliphatic hydroxyl groups is 1. The Labute approximate surface area is 143 Å². The second kappa shape index (κ2) is 9.28. The van der Waals surface area contributed by atoms with Gasteiger partial charge in [0.25, 0.3) is 0 Å². The third-order valence-electron chi connectivity index (χ3n) is 3.41. The molecule has 4 nitrogen and oxygen atoms in total. The van der Waals surface area contributed by atoms with Crippen LogP contribution in [0.3, 0.4) is 0 Å². The zero-order valence-electron chi connectivity index (χ0n) is 16.1. The molecule has 0 saturated carbocycles. The van der Waals surface area contributed by atoms with Gasteiger partial charge in [-0.3, -0.25) is 0 Å². The van der Waals surface area contributed by atoms with E-state index < -0.39 is 26.4 Å². The Balaban J connectivity index is 5.30. The average molecular weight is 342 g/mol. The molecule has 0 radical (unpaired) electrons. The Morgan fingerprint density at radius 3 is 2.04 bits per heavy atom. The number of rotatable bonds is 8. The lowest BCUT2D eigenvalue weighted by Gasteiger charge is -2.33. The van der Waals surface area contributed by atoms with Crippen LogP contribution in [0.5, 0.6) is 0 Å². The summed E-state index contributed by atoms with van der Waals surface area (Å²) < 4.78 is 5.67. The van der Waals surface area contributed by atoms with Gasteiger partial charge < -0.3 is 14.7 Å². The Kier molecular flexibility index (Phi) is 8.85. The molecule has 134 valence electrons. The molecular weight excluding hydrogens is 306 g/mol. The summed E-state index contributed by atoms with van der Waals surface area (Å²) in [5.74, 6) is 0. The van der Waals surface area contributed by atoms with E-state index in [1.165, 1.54) is 0 Å². The zero-order chi connectivity index (χ0) is 18.4. The molecule has 0 bridgehead atoms. The van der Waals surface area contributed by atoms with Gasteiger partial charge in [0, 0.05) is 20.2 Å². The Morgan fingerprint density at radius 1 is 1.22 bits per heavy atom. The minimum Gasteiger partial charge on any atom is -0.438 e. The minimum absolute atomic E-state index is 0.0345. The van der Waals surface area contributed by atoms with E-state index in [9.17, 15) is 9.90 Å². The molecule has 0 aromatic carbocycles. The van der Waals surface area contributed by atoms with Crippen LogP contribution in [0.2, 0.25) is 25.7 Å². The smallest absolute Gasteiger partial charge is 0.410 e. The summed E-state index contributed by atoms with van der Waals surface area (Å²) in [7, 11) is -1.41. The molecule has 23 heavy (non-hydrogen) atoms. The first kappa shape index (κ1) is 21.9. The van der Waals surface area contributed by atoms with Gasteiger partial charge in [0.05, 0.1) is 0 Å². The largest absolute Gasteiger partial charge is 0.438 e. The van der Waals surface area contributed by atoms with Crippen molar-refractivity contribution < 1.29 is 14.6 Å². The quantitative estimate of drug-likeness (QED) is 0.524. The monoisotopic (exact) mass is 341 g/mol. The molecule has 0 aromatic rings. The highest BCUT2D eigenvalue weighted by atomic mass is 28.3. The molecule has 2 atom stereocenters. The molecule has 0 aliphatic rings. The van der Waals surface area contributed by atoms with Crippen LogP contribution in [0.4, 0.5) is 4.79 Å². The van der Waals surface area contributed by atoms with Crippen molar-refractivity contribution in [3.8, 4) is 0 Å². The van der Waals surface area contributed by atoms with Crippen LogP contribution in [0.1, 0.15) is 34.6 Å².